The Balaban J connectivity index is 1.57. The Morgan fingerprint density at radius 2 is 2.12 bits per heavy atom. The lowest BCUT2D eigenvalue weighted by molar-refractivity contribution is -0.141. The second-order valence-electron chi connectivity index (χ2n) is 5.93. The first kappa shape index (κ1) is 18.3. The summed E-state index contributed by atoms with van der Waals surface area (Å²) < 4.78 is 39.0. The zero-order chi connectivity index (χ0) is 18.9. The summed E-state index contributed by atoms with van der Waals surface area (Å²) in [5.74, 6) is -0.400. The van der Waals surface area contributed by atoms with Gasteiger partial charge in [-0.3, -0.25) is 9.48 Å². The Morgan fingerprint density at radius 3 is 2.81 bits per heavy atom. The normalized spacial score (nSPS) is 11.9. The van der Waals surface area contributed by atoms with Gasteiger partial charge in [-0.05, 0) is 43.2 Å². The lowest BCUT2D eigenvalue weighted by atomic mass is 10.1. The molecule has 9 heteroatoms. The molecule has 5 nitrogen and oxygen atoms in total. The fraction of sp³-hybridized carbons (Fsp3) is 0.294. The van der Waals surface area contributed by atoms with Crippen molar-refractivity contribution in [3.8, 4) is 0 Å². The molecular weight excluding hydrogens is 369 g/mol. The number of hydrogen-bond donors (Lipinski definition) is 2. The third kappa shape index (κ3) is 4.01. The molecular formula is C17H16ClF3N4O. The maximum absolute atomic E-state index is 12.6. The minimum absolute atomic E-state index is 0.262. The van der Waals surface area contributed by atoms with Gasteiger partial charge in [-0.2, -0.15) is 18.3 Å². The van der Waals surface area contributed by atoms with Crippen LogP contribution in [0.25, 0.3) is 10.9 Å². The molecule has 2 N–H and O–H groups in total. The van der Waals surface area contributed by atoms with E-state index in [1.165, 1.54) is 6.92 Å². The van der Waals surface area contributed by atoms with Gasteiger partial charge in [0.15, 0.2) is 5.69 Å². The van der Waals surface area contributed by atoms with E-state index in [4.69, 9.17) is 11.6 Å². The Labute approximate surface area is 152 Å². The van der Waals surface area contributed by atoms with Crippen molar-refractivity contribution in [1.29, 1.82) is 0 Å². The highest BCUT2D eigenvalue weighted by atomic mass is 35.5. The minimum atomic E-state index is -4.52. The van der Waals surface area contributed by atoms with Crippen molar-refractivity contribution in [2.45, 2.75) is 26.1 Å². The van der Waals surface area contributed by atoms with Crippen LogP contribution in [0.4, 0.5) is 13.2 Å². The zero-order valence-electron chi connectivity index (χ0n) is 13.8. The molecule has 0 atom stereocenters. The molecule has 26 heavy (non-hydrogen) atoms. The van der Waals surface area contributed by atoms with Crippen LogP contribution in [0.3, 0.4) is 0 Å². The van der Waals surface area contributed by atoms with Crippen molar-refractivity contribution in [2.24, 2.45) is 0 Å². The molecule has 0 saturated carbocycles. The molecule has 0 bridgehead atoms. The summed E-state index contributed by atoms with van der Waals surface area (Å²) in [6, 6.07) is 6.42. The van der Waals surface area contributed by atoms with Gasteiger partial charge >= 0.3 is 6.18 Å². The van der Waals surface area contributed by atoms with E-state index in [2.05, 4.69) is 15.4 Å². The predicted molar refractivity (Wildman–Crippen MR) is 92.0 cm³/mol. The van der Waals surface area contributed by atoms with Gasteiger partial charge in [-0.15, -0.1) is 0 Å². The zero-order valence-corrected chi connectivity index (χ0v) is 14.6. The van der Waals surface area contributed by atoms with Crippen LogP contribution in [0.2, 0.25) is 5.02 Å². The van der Waals surface area contributed by atoms with Crippen LogP contribution >= 0.6 is 11.6 Å². The molecule has 3 rings (SSSR count). The number of carbonyl (C=O) groups is 1. The maximum Gasteiger partial charge on any atom is 0.435 e. The molecule has 138 valence electrons. The Morgan fingerprint density at radius 1 is 1.35 bits per heavy atom. The van der Waals surface area contributed by atoms with Crippen LogP contribution in [0.15, 0.2) is 30.5 Å². The van der Waals surface area contributed by atoms with Crippen molar-refractivity contribution in [1.82, 2.24) is 20.1 Å². The molecule has 1 amide bonds. The average Bonchev–Trinajstić information content (AvgIpc) is 3.11. The van der Waals surface area contributed by atoms with Crippen LogP contribution in [0, 0.1) is 6.92 Å². The lowest BCUT2D eigenvalue weighted by Crippen LogP contribution is -2.30. The van der Waals surface area contributed by atoms with Crippen LogP contribution < -0.4 is 5.32 Å². The van der Waals surface area contributed by atoms with Crippen molar-refractivity contribution < 1.29 is 18.0 Å². The SMILES string of the molecule is Cc1cc(C(F)(F)F)nn1CC(=O)NCCc1c[nH]c2ccc(Cl)cc12. The number of fused-ring (bicyclic) bond motifs is 1. The molecule has 0 radical (unpaired) electrons. The Kier molecular flexibility index (Phi) is 4.95. The number of aryl methyl sites for hydroxylation is 1. The van der Waals surface area contributed by atoms with Gasteiger partial charge in [-0.1, -0.05) is 11.6 Å². The van der Waals surface area contributed by atoms with E-state index >= 15 is 0 Å². The molecule has 0 fully saturated rings. The highest BCUT2D eigenvalue weighted by molar-refractivity contribution is 6.31. The molecule has 0 unspecified atom stereocenters. The summed E-state index contributed by atoms with van der Waals surface area (Å²) in [4.78, 5) is 15.1. The number of alkyl halides is 3. The van der Waals surface area contributed by atoms with Crippen LogP contribution in [-0.4, -0.2) is 27.2 Å². The quantitative estimate of drug-likeness (QED) is 0.704. The maximum atomic E-state index is 12.6. The number of halogens is 4. The summed E-state index contributed by atoms with van der Waals surface area (Å²) >= 11 is 6.00. The smallest absolute Gasteiger partial charge is 0.361 e. The molecule has 0 aliphatic carbocycles. The topological polar surface area (TPSA) is 62.7 Å². The Bertz CT molecular complexity index is 945. The van der Waals surface area contributed by atoms with Crippen molar-refractivity contribution in [2.75, 3.05) is 6.54 Å². The van der Waals surface area contributed by atoms with E-state index in [1.54, 1.807) is 6.07 Å². The molecule has 0 aliphatic heterocycles. The predicted octanol–water partition coefficient (Wildman–Crippen LogP) is 3.70. The third-order valence-corrected chi connectivity index (χ3v) is 4.25. The largest absolute Gasteiger partial charge is 0.435 e. The van der Waals surface area contributed by atoms with E-state index in [0.717, 1.165) is 27.2 Å². The molecule has 3 aromatic rings. The second-order valence-corrected chi connectivity index (χ2v) is 6.37. The number of hydrogen-bond acceptors (Lipinski definition) is 2. The molecule has 2 aromatic heterocycles. The number of nitrogens with zero attached hydrogens (tertiary/aromatic N) is 2. The number of benzene rings is 1. The molecule has 0 aliphatic rings. The van der Waals surface area contributed by atoms with Gasteiger partial charge < -0.3 is 10.3 Å². The first-order valence-electron chi connectivity index (χ1n) is 7.88. The van der Waals surface area contributed by atoms with Gasteiger partial charge in [0.05, 0.1) is 0 Å². The van der Waals surface area contributed by atoms with Crippen LogP contribution in [0.1, 0.15) is 17.0 Å². The summed E-state index contributed by atoms with van der Waals surface area (Å²) in [6.07, 6.45) is -2.11. The molecule has 1 aromatic carbocycles. The second kappa shape index (κ2) is 7.03. The number of aromatic amines is 1. The van der Waals surface area contributed by atoms with Gasteiger partial charge in [0.2, 0.25) is 5.91 Å². The van der Waals surface area contributed by atoms with Crippen molar-refractivity contribution in [3.05, 3.63) is 52.4 Å². The van der Waals surface area contributed by atoms with Crippen LogP contribution in [0.5, 0.6) is 0 Å². The number of nitrogens with one attached hydrogen (secondary N) is 2. The molecule has 0 saturated heterocycles. The monoisotopic (exact) mass is 384 g/mol. The fourth-order valence-corrected chi connectivity index (χ4v) is 2.87. The third-order valence-electron chi connectivity index (χ3n) is 4.01. The number of carbonyl (C=O) groups excluding carboxylic acids is 1. The van der Waals surface area contributed by atoms with Gasteiger partial charge in [-0.25, -0.2) is 0 Å². The minimum Gasteiger partial charge on any atom is -0.361 e. The summed E-state index contributed by atoms with van der Waals surface area (Å²) in [6.45, 7) is 1.57. The van der Waals surface area contributed by atoms with Crippen molar-refractivity contribution in [3.63, 3.8) is 0 Å². The number of aromatic nitrogens is 3. The summed E-state index contributed by atoms with van der Waals surface area (Å²) in [5.41, 5.74) is 1.22. The standard InChI is InChI=1S/C17H16ClF3N4O/c1-10-6-15(17(19,20)21)24-25(10)9-16(26)22-5-4-11-8-23-14-3-2-12(18)7-13(11)14/h2-3,6-8,23H,4-5,9H2,1H3,(H,22,26). The van der Waals surface area contributed by atoms with Crippen molar-refractivity contribution >= 4 is 28.4 Å². The average molecular weight is 385 g/mol. The number of H-pyrrole nitrogens is 1. The highest BCUT2D eigenvalue weighted by Crippen LogP contribution is 2.28. The van der Waals surface area contributed by atoms with E-state index in [0.29, 0.717) is 18.0 Å². The molecule has 2 heterocycles. The Hall–Kier alpha value is -2.48. The summed E-state index contributed by atoms with van der Waals surface area (Å²) in [5, 5.41) is 7.74. The number of rotatable bonds is 5. The van der Waals surface area contributed by atoms with E-state index in [1.807, 2.05) is 18.3 Å². The summed E-state index contributed by atoms with van der Waals surface area (Å²) in [7, 11) is 0. The van der Waals surface area contributed by atoms with E-state index < -0.39 is 17.8 Å². The first-order chi connectivity index (χ1) is 12.2. The molecule has 0 spiro atoms. The van der Waals surface area contributed by atoms with E-state index in [-0.39, 0.29) is 12.2 Å². The van der Waals surface area contributed by atoms with Gasteiger partial charge in [0, 0.05) is 34.4 Å². The number of amides is 1. The van der Waals surface area contributed by atoms with Crippen LogP contribution in [-0.2, 0) is 23.9 Å². The first-order valence-corrected chi connectivity index (χ1v) is 8.25. The van der Waals surface area contributed by atoms with Gasteiger partial charge in [0.1, 0.15) is 6.54 Å². The van der Waals surface area contributed by atoms with E-state index in [9.17, 15) is 18.0 Å². The fourth-order valence-electron chi connectivity index (χ4n) is 2.69. The lowest BCUT2D eigenvalue weighted by Gasteiger charge is -2.07. The van der Waals surface area contributed by atoms with Gasteiger partial charge in [0.25, 0.3) is 0 Å². The highest BCUT2D eigenvalue weighted by Gasteiger charge is 2.34.